The zero-order valence-corrected chi connectivity index (χ0v) is 5.02. The molecule has 0 aromatic rings. The maximum atomic E-state index is 8.86. The van der Waals surface area contributed by atoms with Gasteiger partial charge in [-0.1, -0.05) is 0 Å². The fourth-order valence-electron chi connectivity index (χ4n) is 0.451. The molecule has 4 heteroatoms. The van der Waals surface area contributed by atoms with E-state index in [9.17, 15) is 0 Å². The Morgan fingerprint density at radius 2 is 1.86 bits per heavy atom. The fourth-order valence-corrected chi connectivity index (χ4v) is 1.35. The molecule has 0 radical (unpaired) electrons. The van der Waals surface area contributed by atoms with E-state index < -0.39 is 7.94 Å². The van der Waals surface area contributed by atoms with E-state index in [1.165, 1.54) is 0 Å². The van der Waals surface area contributed by atoms with Gasteiger partial charge in [0.05, 0.1) is 0 Å². The van der Waals surface area contributed by atoms with Crippen molar-refractivity contribution in [3.05, 3.63) is 0 Å². The summed E-state index contributed by atoms with van der Waals surface area (Å²) in [7, 11) is -2.29. The number of hydrogen-bond acceptors (Lipinski definition) is 3. The fraction of sp³-hybridized carbons (Fsp3) is 1.00. The summed E-state index contributed by atoms with van der Waals surface area (Å²) >= 11 is 0. The molecule has 0 atom stereocenters. The third kappa shape index (κ3) is 1.35. The lowest BCUT2D eigenvalue weighted by atomic mass is 10.8. The number of hydrogen-bond donors (Lipinski definition) is 1. The molecule has 0 spiro atoms. The van der Waals surface area contributed by atoms with Crippen LogP contribution in [-0.4, -0.2) is 24.8 Å². The van der Waals surface area contributed by atoms with Crippen molar-refractivity contribution in [3.8, 4) is 0 Å². The average molecular weight is 123 g/mol. The summed E-state index contributed by atoms with van der Waals surface area (Å²) in [4.78, 5) is 8.86. The molecule has 1 saturated heterocycles. The summed E-state index contributed by atoms with van der Waals surface area (Å²) in [5, 5.41) is 0. The smallest absolute Gasteiger partial charge is 0.193 e. The molecule has 0 aromatic carbocycles. The van der Waals surface area contributed by atoms with Crippen molar-refractivity contribution in [2.75, 3.05) is 19.9 Å². The van der Waals surface area contributed by atoms with Crippen LogP contribution in [0.2, 0.25) is 0 Å². The minimum atomic E-state index is -2.29. The normalized spacial score (nSPS) is 28.3. The van der Waals surface area contributed by atoms with Crippen molar-refractivity contribution in [1.82, 2.24) is 0 Å². The molecule has 0 amide bonds. The first-order valence-electron chi connectivity index (χ1n) is 2.09. The molecule has 1 fully saturated rings. The molecule has 0 unspecified atom stereocenters. The Kier molecular flexibility index (Phi) is 1.30. The van der Waals surface area contributed by atoms with Crippen LogP contribution in [0.5, 0.6) is 0 Å². The molecular formula is C3H8O3P+. The topological polar surface area (TPSA) is 38.7 Å². The summed E-state index contributed by atoms with van der Waals surface area (Å²) in [5.74, 6) is 0. The Morgan fingerprint density at radius 1 is 1.43 bits per heavy atom. The highest BCUT2D eigenvalue weighted by molar-refractivity contribution is 7.59. The Morgan fingerprint density at radius 3 is 2.00 bits per heavy atom. The standard InChI is InChI=1S/C3H8O3P/c1-7(4)5-2-3-6-7/h4H,2-3H2,1H3/q+1. The van der Waals surface area contributed by atoms with Gasteiger partial charge in [-0.15, -0.1) is 0 Å². The van der Waals surface area contributed by atoms with E-state index in [0.29, 0.717) is 13.2 Å². The highest BCUT2D eigenvalue weighted by Gasteiger charge is 2.38. The molecule has 1 rings (SSSR count). The highest BCUT2D eigenvalue weighted by atomic mass is 31.2. The van der Waals surface area contributed by atoms with Gasteiger partial charge >= 0.3 is 7.94 Å². The van der Waals surface area contributed by atoms with Crippen LogP contribution in [0, 0.1) is 0 Å². The lowest BCUT2D eigenvalue weighted by molar-refractivity contribution is 0.320. The van der Waals surface area contributed by atoms with Crippen molar-refractivity contribution in [3.63, 3.8) is 0 Å². The largest absolute Gasteiger partial charge is 0.405 e. The van der Waals surface area contributed by atoms with E-state index in [2.05, 4.69) is 0 Å². The lowest BCUT2D eigenvalue weighted by Gasteiger charge is -1.98. The van der Waals surface area contributed by atoms with Crippen LogP contribution in [0.25, 0.3) is 0 Å². The van der Waals surface area contributed by atoms with Gasteiger partial charge in [0, 0.05) is 0 Å². The molecule has 42 valence electrons. The van der Waals surface area contributed by atoms with Crippen molar-refractivity contribution in [2.45, 2.75) is 0 Å². The predicted molar refractivity (Wildman–Crippen MR) is 27.0 cm³/mol. The van der Waals surface area contributed by atoms with E-state index in [1.54, 1.807) is 6.66 Å². The molecule has 0 aromatic heterocycles. The van der Waals surface area contributed by atoms with Gasteiger partial charge in [0.1, 0.15) is 19.9 Å². The van der Waals surface area contributed by atoms with Crippen molar-refractivity contribution >= 4 is 7.94 Å². The van der Waals surface area contributed by atoms with E-state index in [4.69, 9.17) is 13.9 Å². The predicted octanol–water partition coefficient (Wildman–Crippen LogP) is 0.418. The lowest BCUT2D eigenvalue weighted by Crippen LogP contribution is -1.84. The van der Waals surface area contributed by atoms with Gasteiger partial charge in [0.2, 0.25) is 0 Å². The summed E-state index contributed by atoms with van der Waals surface area (Å²) in [6, 6.07) is 0. The number of rotatable bonds is 0. The Balaban J connectivity index is 2.40. The molecule has 0 saturated carbocycles. The van der Waals surface area contributed by atoms with E-state index in [-0.39, 0.29) is 0 Å². The van der Waals surface area contributed by atoms with Crippen LogP contribution in [0.1, 0.15) is 0 Å². The van der Waals surface area contributed by atoms with Gasteiger partial charge in [-0.3, -0.25) is 0 Å². The van der Waals surface area contributed by atoms with E-state index in [0.717, 1.165) is 0 Å². The molecular weight excluding hydrogens is 115 g/mol. The van der Waals surface area contributed by atoms with Gasteiger partial charge in [0.15, 0.2) is 0 Å². The van der Waals surface area contributed by atoms with Gasteiger partial charge in [-0.05, 0) is 0 Å². The maximum absolute atomic E-state index is 8.86. The van der Waals surface area contributed by atoms with Crippen LogP contribution in [-0.2, 0) is 9.05 Å². The second-order valence-corrected chi connectivity index (χ2v) is 3.59. The minimum Gasteiger partial charge on any atom is -0.193 e. The Bertz CT molecular complexity index is 64.6. The molecule has 0 bridgehead atoms. The zero-order valence-electron chi connectivity index (χ0n) is 4.13. The first kappa shape index (κ1) is 5.45. The van der Waals surface area contributed by atoms with Crippen LogP contribution < -0.4 is 0 Å². The third-order valence-corrected chi connectivity index (χ3v) is 2.07. The third-order valence-electron chi connectivity index (χ3n) is 0.745. The van der Waals surface area contributed by atoms with Crippen LogP contribution >= 0.6 is 7.94 Å². The highest BCUT2D eigenvalue weighted by Crippen LogP contribution is 2.55. The molecule has 1 aliphatic heterocycles. The molecule has 1 N–H and O–H groups in total. The molecule has 3 nitrogen and oxygen atoms in total. The van der Waals surface area contributed by atoms with Gasteiger partial charge in [-0.2, -0.15) is 13.9 Å². The van der Waals surface area contributed by atoms with Gasteiger partial charge in [0.25, 0.3) is 0 Å². The first-order valence-corrected chi connectivity index (χ1v) is 4.11. The Labute approximate surface area is 42.8 Å². The molecule has 0 aliphatic carbocycles. The van der Waals surface area contributed by atoms with Crippen molar-refractivity contribution < 1.29 is 13.9 Å². The summed E-state index contributed by atoms with van der Waals surface area (Å²) in [6.07, 6.45) is 0. The SMILES string of the molecule is C[P+]1(O)OCCO1. The van der Waals surface area contributed by atoms with Crippen LogP contribution in [0.4, 0.5) is 0 Å². The Hall–Kier alpha value is 0.310. The van der Waals surface area contributed by atoms with Gasteiger partial charge in [-0.25, -0.2) is 0 Å². The van der Waals surface area contributed by atoms with Gasteiger partial charge < -0.3 is 0 Å². The monoisotopic (exact) mass is 123 g/mol. The minimum absolute atomic E-state index is 0.542. The maximum Gasteiger partial charge on any atom is 0.405 e. The quantitative estimate of drug-likeness (QED) is 0.474. The zero-order chi connectivity index (χ0) is 5.33. The molecule has 1 aliphatic rings. The second kappa shape index (κ2) is 1.67. The van der Waals surface area contributed by atoms with Crippen LogP contribution in [0.3, 0.4) is 0 Å². The second-order valence-electron chi connectivity index (χ2n) is 1.47. The average Bonchev–Trinajstić information content (AvgIpc) is 1.84. The molecule has 1 heterocycles. The van der Waals surface area contributed by atoms with E-state index in [1.807, 2.05) is 0 Å². The van der Waals surface area contributed by atoms with Crippen LogP contribution in [0.15, 0.2) is 0 Å². The summed E-state index contributed by atoms with van der Waals surface area (Å²) in [5.41, 5.74) is 0. The molecule has 7 heavy (non-hydrogen) atoms. The van der Waals surface area contributed by atoms with Crippen molar-refractivity contribution in [2.24, 2.45) is 0 Å². The summed E-state index contributed by atoms with van der Waals surface area (Å²) in [6.45, 7) is 2.67. The van der Waals surface area contributed by atoms with Crippen molar-refractivity contribution in [1.29, 1.82) is 0 Å². The first-order chi connectivity index (χ1) is 3.21. The summed E-state index contributed by atoms with van der Waals surface area (Å²) < 4.78 is 9.57. The van der Waals surface area contributed by atoms with E-state index >= 15 is 0 Å².